The van der Waals surface area contributed by atoms with Crippen molar-refractivity contribution >= 4 is 60.7 Å². The molecule has 0 bridgehead atoms. The quantitative estimate of drug-likeness (QED) is 0.180. The zero-order chi connectivity index (χ0) is 28.6. The van der Waals surface area contributed by atoms with Gasteiger partial charge < -0.3 is 5.32 Å². The number of hydrogen-bond donors (Lipinski definition) is 1. The van der Waals surface area contributed by atoms with Gasteiger partial charge in [-0.05, 0) is 72.3 Å². The summed E-state index contributed by atoms with van der Waals surface area (Å²) in [7, 11) is 0. The highest BCUT2D eigenvalue weighted by molar-refractivity contribution is 7.99. The van der Waals surface area contributed by atoms with Crippen LogP contribution in [0, 0.1) is 5.92 Å². The smallest absolute Gasteiger partial charge is 0.162 e. The van der Waals surface area contributed by atoms with Crippen LogP contribution in [0.4, 0.5) is 5.82 Å². The third-order valence-electron chi connectivity index (χ3n) is 8.53. The van der Waals surface area contributed by atoms with Gasteiger partial charge in [0.25, 0.3) is 0 Å². The Balaban J connectivity index is 1.07. The summed E-state index contributed by atoms with van der Waals surface area (Å²) in [5, 5.41) is 9.62. The zero-order valence-corrected chi connectivity index (χ0v) is 26.1. The Labute approximate surface area is 262 Å². The standard InChI is InChI=1S/C33H31N7S3/c1-2-6-20(5-1)17-26-29-24(11-15-41-29)37-31(39-26)21-9-13-34-27(18-21)43-28-19-22(10-14-35-28)32-38-25-12-16-42-30(25)33(40-32)36-23-7-3-4-8-23/h9-16,18-20,23H,1-8,17H2,(H,36,38,40). The highest BCUT2D eigenvalue weighted by Crippen LogP contribution is 2.35. The average Bonchev–Trinajstić information content (AvgIpc) is 3.86. The number of pyridine rings is 2. The Hall–Kier alpha value is -3.47. The number of nitrogens with one attached hydrogen (secondary N) is 1. The van der Waals surface area contributed by atoms with Crippen LogP contribution < -0.4 is 5.32 Å². The fourth-order valence-electron chi connectivity index (χ4n) is 6.35. The van der Waals surface area contributed by atoms with Crippen molar-refractivity contribution in [2.75, 3.05) is 5.32 Å². The van der Waals surface area contributed by atoms with Gasteiger partial charge in [-0.2, -0.15) is 0 Å². The molecule has 8 rings (SSSR count). The Morgan fingerprint density at radius 3 is 2.00 bits per heavy atom. The molecule has 1 N–H and O–H groups in total. The molecule has 7 nitrogen and oxygen atoms in total. The van der Waals surface area contributed by atoms with Crippen LogP contribution >= 0.6 is 34.4 Å². The fraction of sp³-hybridized carbons (Fsp3) is 0.333. The normalized spacial score (nSPS) is 16.1. The Bertz CT molecular complexity index is 1770. The van der Waals surface area contributed by atoms with E-state index in [0.29, 0.717) is 11.9 Å². The summed E-state index contributed by atoms with van der Waals surface area (Å²) in [6.07, 6.45) is 14.9. The number of thiophene rings is 2. The summed E-state index contributed by atoms with van der Waals surface area (Å²) >= 11 is 4.98. The van der Waals surface area contributed by atoms with Crippen LogP contribution in [-0.2, 0) is 6.42 Å². The van der Waals surface area contributed by atoms with E-state index in [1.807, 2.05) is 24.5 Å². The van der Waals surface area contributed by atoms with Crippen molar-refractivity contribution in [3.05, 3.63) is 65.2 Å². The highest BCUT2D eigenvalue weighted by Gasteiger charge is 2.21. The predicted octanol–water partition coefficient (Wildman–Crippen LogP) is 9.06. The molecule has 0 radical (unpaired) electrons. The Morgan fingerprint density at radius 2 is 1.30 bits per heavy atom. The van der Waals surface area contributed by atoms with Gasteiger partial charge in [-0.15, -0.1) is 22.7 Å². The predicted molar refractivity (Wildman–Crippen MR) is 177 cm³/mol. The average molecular weight is 622 g/mol. The van der Waals surface area contributed by atoms with Crippen LogP contribution in [0.1, 0.15) is 57.1 Å². The molecule has 2 aliphatic rings. The number of fused-ring (bicyclic) bond motifs is 2. The van der Waals surface area contributed by atoms with Gasteiger partial charge in [0.2, 0.25) is 0 Å². The summed E-state index contributed by atoms with van der Waals surface area (Å²) in [6, 6.07) is 12.8. The maximum Gasteiger partial charge on any atom is 0.162 e. The van der Waals surface area contributed by atoms with E-state index in [-0.39, 0.29) is 0 Å². The zero-order valence-electron chi connectivity index (χ0n) is 23.7. The van der Waals surface area contributed by atoms with Crippen molar-refractivity contribution in [1.82, 2.24) is 29.9 Å². The van der Waals surface area contributed by atoms with Crippen molar-refractivity contribution in [2.24, 2.45) is 5.92 Å². The van der Waals surface area contributed by atoms with Gasteiger partial charge in [0.1, 0.15) is 15.9 Å². The molecule has 10 heteroatoms. The second kappa shape index (κ2) is 11.9. The summed E-state index contributed by atoms with van der Waals surface area (Å²) < 4.78 is 2.35. The summed E-state index contributed by atoms with van der Waals surface area (Å²) in [4.78, 5) is 29.2. The number of aromatic nitrogens is 6. The van der Waals surface area contributed by atoms with Gasteiger partial charge in [-0.1, -0.05) is 50.3 Å². The maximum atomic E-state index is 5.10. The van der Waals surface area contributed by atoms with Crippen LogP contribution in [0.5, 0.6) is 0 Å². The SMILES string of the molecule is c1cc(-c2nc(CC3CCCC3)c3sccc3n2)cc(Sc2cc(-c3nc(NC4CCCC4)c4sccc4n3)ccn2)n1. The van der Waals surface area contributed by atoms with Crippen LogP contribution in [0.3, 0.4) is 0 Å². The molecular weight excluding hydrogens is 591 g/mol. The highest BCUT2D eigenvalue weighted by atomic mass is 32.2. The fourth-order valence-corrected chi connectivity index (χ4v) is 8.78. The lowest BCUT2D eigenvalue weighted by molar-refractivity contribution is 0.542. The lowest BCUT2D eigenvalue weighted by Gasteiger charge is -2.14. The van der Waals surface area contributed by atoms with Gasteiger partial charge in [0, 0.05) is 29.6 Å². The van der Waals surface area contributed by atoms with Crippen molar-refractivity contribution in [2.45, 2.75) is 73.9 Å². The topological polar surface area (TPSA) is 89.4 Å². The van der Waals surface area contributed by atoms with Gasteiger partial charge in [0.15, 0.2) is 11.6 Å². The molecule has 6 aromatic rings. The lowest BCUT2D eigenvalue weighted by atomic mass is 10.0. The molecule has 0 spiro atoms. The van der Waals surface area contributed by atoms with Crippen molar-refractivity contribution in [3.8, 4) is 22.8 Å². The molecule has 0 aromatic carbocycles. The molecule has 6 aromatic heterocycles. The molecule has 43 heavy (non-hydrogen) atoms. The molecule has 2 saturated carbocycles. The Kier molecular flexibility index (Phi) is 7.50. The van der Waals surface area contributed by atoms with E-state index in [2.05, 4.69) is 50.3 Å². The second-order valence-electron chi connectivity index (χ2n) is 11.5. The van der Waals surface area contributed by atoms with E-state index in [0.717, 1.165) is 60.9 Å². The first-order chi connectivity index (χ1) is 21.2. The molecular formula is C33H31N7S3. The summed E-state index contributed by atoms with van der Waals surface area (Å²) in [5.74, 6) is 3.15. The number of rotatable bonds is 8. The van der Waals surface area contributed by atoms with Crippen LogP contribution in [0.15, 0.2) is 69.6 Å². The Morgan fingerprint density at radius 1 is 0.698 bits per heavy atom. The van der Waals surface area contributed by atoms with Gasteiger partial charge >= 0.3 is 0 Å². The van der Waals surface area contributed by atoms with Crippen molar-refractivity contribution in [3.63, 3.8) is 0 Å². The van der Waals surface area contributed by atoms with E-state index in [1.54, 1.807) is 22.7 Å². The molecule has 0 saturated heterocycles. The van der Waals surface area contributed by atoms with Gasteiger partial charge in [0.05, 0.1) is 26.1 Å². The second-order valence-corrected chi connectivity index (χ2v) is 14.4. The van der Waals surface area contributed by atoms with E-state index >= 15 is 0 Å². The molecule has 0 unspecified atom stereocenters. The minimum atomic E-state index is 0.484. The molecule has 2 aliphatic carbocycles. The van der Waals surface area contributed by atoms with Crippen LogP contribution in [-0.4, -0.2) is 35.9 Å². The molecule has 0 amide bonds. The maximum absolute atomic E-state index is 5.10. The molecule has 0 aliphatic heterocycles. The molecule has 6 heterocycles. The minimum absolute atomic E-state index is 0.484. The van der Waals surface area contributed by atoms with E-state index in [9.17, 15) is 0 Å². The molecule has 2 fully saturated rings. The van der Waals surface area contributed by atoms with Crippen LogP contribution in [0.2, 0.25) is 0 Å². The largest absolute Gasteiger partial charge is 0.366 e. The van der Waals surface area contributed by atoms with Crippen molar-refractivity contribution in [1.29, 1.82) is 0 Å². The first-order valence-electron chi connectivity index (χ1n) is 15.1. The minimum Gasteiger partial charge on any atom is -0.366 e. The number of hydrogen-bond acceptors (Lipinski definition) is 10. The summed E-state index contributed by atoms with van der Waals surface area (Å²) in [6.45, 7) is 0. The number of nitrogens with zero attached hydrogens (tertiary/aromatic N) is 6. The lowest BCUT2D eigenvalue weighted by Crippen LogP contribution is -2.16. The van der Waals surface area contributed by atoms with Crippen LogP contribution in [0.25, 0.3) is 43.2 Å². The first kappa shape index (κ1) is 27.1. The van der Waals surface area contributed by atoms with Gasteiger partial charge in [-0.25, -0.2) is 29.9 Å². The van der Waals surface area contributed by atoms with E-state index in [4.69, 9.17) is 19.9 Å². The molecule has 0 atom stereocenters. The first-order valence-corrected chi connectivity index (χ1v) is 17.7. The monoisotopic (exact) mass is 621 g/mol. The van der Waals surface area contributed by atoms with E-state index < -0.39 is 0 Å². The molecule has 216 valence electrons. The number of anilines is 1. The van der Waals surface area contributed by atoms with Crippen molar-refractivity contribution < 1.29 is 0 Å². The van der Waals surface area contributed by atoms with E-state index in [1.165, 1.54) is 73.5 Å². The third-order valence-corrected chi connectivity index (χ3v) is 11.3. The summed E-state index contributed by atoms with van der Waals surface area (Å²) in [5.41, 5.74) is 5.12. The van der Waals surface area contributed by atoms with Gasteiger partial charge in [-0.3, -0.25) is 0 Å². The third kappa shape index (κ3) is 5.75.